The third kappa shape index (κ3) is 2.50. The van der Waals surface area contributed by atoms with E-state index in [1.807, 2.05) is 0 Å². The monoisotopic (exact) mass is 275 g/mol. The van der Waals surface area contributed by atoms with Crippen LogP contribution >= 0.6 is 0 Å². The van der Waals surface area contributed by atoms with Gasteiger partial charge in [0.25, 0.3) is 0 Å². The minimum Gasteiger partial charge on any atom is -0.269 e. The maximum absolute atomic E-state index is 3.51. The molecule has 0 aromatic rings. The van der Waals surface area contributed by atoms with Crippen molar-refractivity contribution in [3.05, 3.63) is 46.6 Å². The maximum atomic E-state index is 3.51. The van der Waals surface area contributed by atoms with Gasteiger partial charge in [0.15, 0.2) is 0 Å². The molecule has 0 spiro atoms. The molecule has 1 heteroatoms. The van der Waals surface area contributed by atoms with Crippen molar-refractivity contribution in [2.24, 2.45) is 0 Å². The van der Waals surface area contributed by atoms with E-state index in [1.54, 1.807) is 11.1 Å². The summed E-state index contributed by atoms with van der Waals surface area (Å²) in [5.74, 6) is 0. The minimum atomic E-state index is 0. The van der Waals surface area contributed by atoms with Crippen LogP contribution in [-0.2, 0) is 26.2 Å². The average Bonchev–Trinajstić information content (AvgIpc) is 2.85. The van der Waals surface area contributed by atoms with Crippen LogP contribution in [0.3, 0.4) is 0 Å². The molecular formula is C14H17Zr-. The SMILES string of the molecule is CCC1=[C-]CC(C2=CC=CC2)=C1CC.[Zr]. The van der Waals surface area contributed by atoms with E-state index >= 15 is 0 Å². The second-order valence-corrected chi connectivity index (χ2v) is 3.82. The summed E-state index contributed by atoms with van der Waals surface area (Å²) in [5, 5.41) is 0. The molecule has 0 bridgehead atoms. The van der Waals surface area contributed by atoms with Gasteiger partial charge in [0.05, 0.1) is 0 Å². The molecule has 0 saturated carbocycles. The maximum Gasteiger partial charge on any atom is 0 e. The van der Waals surface area contributed by atoms with Crippen molar-refractivity contribution in [1.82, 2.24) is 0 Å². The fourth-order valence-electron chi connectivity index (χ4n) is 2.33. The van der Waals surface area contributed by atoms with Gasteiger partial charge in [0, 0.05) is 26.2 Å². The molecule has 2 aliphatic rings. The summed E-state index contributed by atoms with van der Waals surface area (Å²) >= 11 is 0. The molecule has 0 unspecified atom stereocenters. The molecule has 2 aliphatic carbocycles. The van der Waals surface area contributed by atoms with Crippen molar-refractivity contribution in [2.75, 3.05) is 0 Å². The molecule has 0 heterocycles. The molecule has 15 heavy (non-hydrogen) atoms. The van der Waals surface area contributed by atoms with Crippen LogP contribution in [0.2, 0.25) is 0 Å². The van der Waals surface area contributed by atoms with Gasteiger partial charge < -0.3 is 0 Å². The molecule has 0 aliphatic heterocycles. The first-order chi connectivity index (χ1) is 6.86. The summed E-state index contributed by atoms with van der Waals surface area (Å²) < 4.78 is 0. The van der Waals surface area contributed by atoms with Crippen LogP contribution in [0.5, 0.6) is 0 Å². The molecule has 0 N–H and O–H groups in total. The standard InChI is InChI=1S/C14H17.Zr/c1-3-11-9-10-14(13(11)4-2)12-7-5-6-8-12;/h5-7H,3-4,8,10H2,1-2H3;/q-1;. The summed E-state index contributed by atoms with van der Waals surface area (Å²) in [5.41, 5.74) is 6.07. The largest absolute Gasteiger partial charge is 0.269 e. The van der Waals surface area contributed by atoms with Crippen molar-refractivity contribution in [1.29, 1.82) is 0 Å². The molecule has 0 nitrogen and oxygen atoms in total. The summed E-state index contributed by atoms with van der Waals surface area (Å²) in [4.78, 5) is 0. The Morgan fingerprint density at radius 1 is 1.27 bits per heavy atom. The first kappa shape index (κ1) is 12.9. The van der Waals surface area contributed by atoms with Crippen LogP contribution in [0.25, 0.3) is 0 Å². The van der Waals surface area contributed by atoms with Crippen LogP contribution in [0, 0.1) is 6.08 Å². The van der Waals surface area contributed by atoms with E-state index in [9.17, 15) is 0 Å². The van der Waals surface area contributed by atoms with Crippen molar-refractivity contribution in [2.45, 2.75) is 39.5 Å². The van der Waals surface area contributed by atoms with E-state index in [0.29, 0.717) is 0 Å². The predicted molar refractivity (Wildman–Crippen MR) is 60.8 cm³/mol. The van der Waals surface area contributed by atoms with Gasteiger partial charge in [-0.3, -0.25) is 6.08 Å². The minimum absolute atomic E-state index is 0. The first-order valence-electron chi connectivity index (χ1n) is 5.55. The van der Waals surface area contributed by atoms with E-state index < -0.39 is 0 Å². The fourth-order valence-corrected chi connectivity index (χ4v) is 2.33. The third-order valence-corrected chi connectivity index (χ3v) is 3.07. The molecule has 0 aromatic heterocycles. The number of rotatable bonds is 3. The molecule has 2 rings (SSSR count). The molecule has 0 radical (unpaired) electrons. The summed E-state index contributed by atoms with van der Waals surface area (Å²) in [7, 11) is 0. The van der Waals surface area contributed by atoms with Crippen molar-refractivity contribution in [3.63, 3.8) is 0 Å². The Labute approximate surface area is 112 Å². The van der Waals surface area contributed by atoms with Gasteiger partial charge in [0.1, 0.15) is 0 Å². The van der Waals surface area contributed by atoms with Crippen molar-refractivity contribution in [3.8, 4) is 0 Å². The molecule has 0 aromatic carbocycles. The predicted octanol–water partition coefficient (Wildman–Crippen LogP) is 4.12. The van der Waals surface area contributed by atoms with Gasteiger partial charge in [-0.25, -0.2) is 5.57 Å². The van der Waals surface area contributed by atoms with Crippen LogP contribution < -0.4 is 0 Å². The normalized spacial score (nSPS) is 19.1. The average molecular weight is 277 g/mol. The first-order valence-corrected chi connectivity index (χ1v) is 5.55. The van der Waals surface area contributed by atoms with Gasteiger partial charge in [-0.05, 0) is 6.42 Å². The zero-order chi connectivity index (χ0) is 9.97. The molecular weight excluding hydrogens is 259 g/mol. The van der Waals surface area contributed by atoms with Gasteiger partial charge in [0.2, 0.25) is 0 Å². The molecule has 0 fully saturated rings. The molecule has 0 amide bonds. The van der Waals surface area contributed by atoms with Crippen LogP contribution in [-0.4, -0.2) is 0 Å². The van der Waals surface area contributed by atoms with Crippen LogP contribution in [0.1, 0.15) is 39.5 Å². The van der Waals surface area contributed by atoms with E-state index in [-0.39, 0.29) is 26.2 Å². The van der Waals surface area contributed by atoms with E-state index in [4.69, 9.17) is 0 Å². The Morgan fingerprint density at radius 2 is 2.07 bits per heavy atom. The van der Waals surface area contributed by atoms with E-state index in [0.717, 1.165) is 25.7 Å². The fraction of sp³-hybridized carbons (Fsp3) is 0.429. The zero-order valence-corrected chi connectivity index (χ0v) is 12.0. The van der Waals surface area contributed by atoms with Crippen molar-refractivity contribution < 1.29 is 26.2 Å². The molecule has 78 valence electrons. The van der Waals surface area contributed by atoms with Crippen molar-refractivity contribution >= 4 is 0 Å². The smallest absolute Gasteiger partial charge is 0 e. The zero-order valence-electron chi connectivity index (χ0n) is 9.56. The summed E-state index contributed by atoms with van der Waals surface area (Å²) in [6.07, 6.45) is 14.6. The van der Waals surface area contributed by atoms with Crippen LogP contribution in [0.15, 0.2) is 40.5 Å². The summed E-state index contributed by atoms with van der Waals surface area (Å²) in [6.45, 7) is 4.48. The van der Waals surface area contributed by atoms with E-state index in [2.05, 4.69) is 38.2 Å². The number of hydrogen-bond donors (Lipinski definition) is 0. The van der Waals surface area contributed by atoms with Crippen LogP contribution in [0.4, 0.5) is 0 Å². The van der Waals surface area contributed by atoms with E-state index in [1.165, 1.54) is 11.1 Å². The van der Waals surface area contributed by atoms with Gasteiger partial charge in [-0.2, -0.15) is 5.57 Å². The van der Waals surface area contributed by atoms with Gasteiger partial charge in [-0.1, -0.05) is 50.5 Å². The quantitative estimate of drug-likeness (QED) is 0.680. The third-order valence-electron chi connectivity index (χ3n) is 3.07. The Hall–Kier alpha value is -0.157. The molecule has 0 saturated heterocycles. The number of hydrogen-bond acceptors (Lipinski definition) is 0. The Morgan fingerprint density at radius 3 is 2.60 bits per heavy atom. The second kappa shape index (κ2) is 5.80. The summed E-state index contributed by atoms with van der Waals surface area (Å²) in [6, 6.07) is 0. The number of allylic oxidation sites excluding steroid dienone is 8. The second-order valence-electron chi connectivity index (χ2n) is 3.82. The topological polar surface area (TPSA) is 0 Å². The Kier molecular flexibility index (Phi) is 4.99. The van der Waals surface area contributed by atoms with Gasteiger partial charge >= 0.3 is 0 Å². The Balaban J connectivity index is 0.00000112. The molecule has 0 atom stereocenters. The van der Waals surface area contributed by atoms with Gasteiger partial charge in [-0.15, -0.1) is 12.0 Å². The Bertz CT molecular complexity index is 354.